The molecule has 1 aromatic rings. The fourth-order valence-electron chi connectivity index (χ4n) is 2.90. The highest BCUT2D eigenvalue weighted by Gasteiger charge is 2.25. The summed E-state index contributed by atoms with van der Waals surface area (Å²) < 4.78 is 0. The number of phenols is 1. The normalized spacial score (nSPS) is 17.5. The summed E-state index contributed by atoms with van der Waals surface area (Å²) in [7, 11) is 0. The van der Waals surface area contributed by atoms with Gasteiger partial charge in [0.25, 0.3) is 0 Å². The fraction of sp³-hybridized carbons (Fsp3) is 0.529. The Labute approximate surface area is 131 Å². The smallest absolute Gasteiger partial charge is 0.222 e. The minimum Gasteiger partial charge on any atom is -0.508 e. The van der Waals surface area contributed by atoms with Gasteiger partial charge in [0.05, 0.1) is 0 Å². The van der Waals surface area contributed by atoms with Crippen molar-refractivity contribution in [2.75, 3.05) is 19.6 Å². The zero-order valence-corrected chi connectivity index (χ0v) is 13.0. The number of nitrogens with zero attached hydrogens (tertiary/aromatic N) is 1. The number of carbonyl (C=O) groups excluding carboxylic acids is 2. The maximum Gasteiger partial charge on any atom is 0.222 e. The molecule has 1 aromatic carbocycles. The van der Waals surface area contributed by atoms with Crippen LogP contribution in [-0.2, 0) is 16.0 Å². The van der Waals surface area contributed by atoms with Crippen molar-refractivity contribution in [2.45, 2.75) is 32.6 Å². The first kappa shape index (κ1) is 16.3. The van der Waals surface area contributed by atoms with Crippen LogP contribution in [-0.4, -0.2) is 41.5 Å². The minimum absolute atomic E-state index is 0.0557. The Morgan fingerprint density at radius 3 is 2.95 bits per heavy atom. The SMILES string of the molecule is CC(=O)NCCCC(=O)N1CCC(Cc2cccc(O)c2)C1. The summed E-state index contributed by atoms with van der Waals surface area (Å²) >= 11 is 0. The highest BCUT2D eigenvalue weighted by Crippen LogP contribution is 2.23. The lowest BCUT2D eigenvalue weighted by molar-refractivity contribution is -0.130. The Morgan fingerprint density at radius 2 is 2.23 bits per heavy atom. The first-order valence-corrected chi connectivity index (χ1v) is 7.84. The average molecular weight is 304 g/mol. The molecule has 0 aromatic heterocycles. The van der Waals surface area contributed by atoms with Crippen molar-refractivity contribution >= 4 is 11.8 Å². The Balaban J connectivity index is 1.72. The molecule has 2 rings (SSSR count). The van der Waals surface area contributed by atoms with Gasteiger partial charge in [0, 0.05) is 33.0 Å². The van der Waals surface area contributed by atoms with Crippen LogP contribution in [0.5, 0.6) is 5.75 Å². The maximum atomic E-state index is 12.1. The highest BCUT2D eigenvalue weighted by molar-refractivity contribution is 5.76. The zero-order valence-electron chi connectivity index (χ0n) is 13.0. The van der Waals surface area contributed by atoms with Gasteiger partial charge in [-0.1, -0.05) is 12.1 Å². The molecule has 1 saturated heterocycles. The number of carbonyl (C=O) groups is 2. The largest absolute Gasteiger partial charge is 0.508 e. The average Bonchev–Trinajstić information content (AvgIpc) is 2.92. The predicted octanol–water partition coefficient (Wildman–Crippen LogP) is 1.70. The summed E-state index contributed by atoms with van der Waals surface area (Å²) in [5.41, 5.74) is 1.12. The van der Waals surface area contributed by atoms with E-state index in [0.29, 0.717) is 31.1 Å². The lowest BCUT2D eigenvalue weighted by atomic mass is 9.98. The standard InChI is InChI=1S/C17H24N2O3/c1-13(20)18-8-3-6-17(22)19-9-7-15(12-19)10-14-4-2-5-16(21)11-14/h2,4-5,11,15,21H,3,6-10,12H2,1H3,(H,18,20). The van der Waals surface area contributed by atoms with Crippen LogP contribution in [0.25, 0.3) is 0 Å². The lowest BCUT2D eigenvalue weighted by Gasteiger charge is -2.16. The van der Waals surface area contributed by atoms with Gasteiger partial charge in [-0.2, -0.15) is 0 Å². The number of aromatic hydroxyl groups is 1. The van der Waals surface area contributed by atoms with E-state index in [0.717, 1.165) is 31.5 Å². The second-order valence-electron chi connectivity index (χ2n) is 5.95. The number of nitrogens with one attached hydrogen (secondary N) is 1. The van der Waals surface area contributed by atoms with Gasteiger partial charge in [-0.25, -0.2) is 0 Å². The van der Waals surface area contributed by atoms with E-state index in [1.165, 1.54) is 6.92 Å². The van der Waals surface area contributed by atoms with E-state index >= 15 is 0 Å². The van der Waals surface area contributed by atoms with Crippen molar-refractivity contribution in [2.24, 2.45) is 5.92 Å². The Bertz CT molecular complexity index is 530. The third-order valence-corrected chi connectivity index (χ3v) is 4.01. The molecule has 2 amide bonds. The summed E-state index contributed by atoms with van der Waals surface area (Å²) in [6, 6.07) is 7.32. The molecule has 1 unspecified atom stereocenters. The topological polar surface area (TPSA) is 69.6 Å². The maximum absolute atomic E-state index is 12.1. The van der Waals surface area contributed by atoms with Gasteiger partial charge in [-0.05, 0) is 42.9 Å². The zero-order chi connectivity index (χ0) is 15.9. The second kappa shape index (κ2) is 7.82. The molecule has 120 valence electrons. The molecule has 1 aliphatic rings. The third kappa shape index (κ3) is 5.06. The summed E-state index contributed by atoms with van der Waals surface area (Å²) in [6.45, 7) is 3.63. The van der Waals surface area contributed by atoms with Crippen LogP contribution in [0, 0.1) is 5.92 Å². The van der Waals surface area contributed by atoms with Gasteiger partial charge >= 0.3 is 0 Å². The van der Waals surface area contributed by atoms with Crippen molar-refractivity contribution < 1.29 is 14.7 Å². The Morgan fingerprint density at radius 1 is 1.41 bits per heavy atom. The second-order valence-corrected chi connectivity index (χ2v) is 5.95. The van der Waals surface area contributed by atoms with Crippen LogP contribution >= 0.6 is 0 Å². The van der Waals surface area contributed by atoms with E-state index < -0.39 is 0 Å². The quantitative estimate of drug-likeness (QED) is 0.786. The van der Waals surface area contributed by atoms with Crippen LogP contribution in [0.2, 0.25) is 0 Å². The summed E-state index contributed by atoms with van der Waals surface area (Å²) in [5.74, 6) is 0.867. The molecule has 0 saturated carbocycles. The van der Waals surface area contributed by atoms with E-state index in [4.69, 9.17) is 0 Å². The number of phenolic OH excluding ortho intramolecular Hbond substituents is 1. The minimum atomic E-state index is -0.0557. The molecule has 5 heteroatoms. The van der Waals surface area contributed by atoms with E-state index in [1.807, 2.05) is 17.0 Å². The summed E-state index contributed by atoms with van der Waals surface area (Å²) in [5, 5.41) is 12.2. The number of hydrogen-bond donors (Lipinski definition) is 2. The van der Waals surface area contributed by atoms with Crippen molar-refractivity contribution in [1.29, 1.82) is 0 Å². The molecule has 22 heavy (non-hydrogen) atoms. The van der Waals surface area contributed by atoms with Gasteiger partial charge in [-0.15, -0.1) is 0 Å². The third-order valence-electron chi connectivity index (χ3n) is 4.01. The molecule has 1 fully saturated rings. The number of rotatable bonds is 6. The molecule has 0 aliphatic carbocycles. The molecule has 5 nitrogen and oxygen atoms in total. The molecule has 0 spiro atoms. The molecule has 0 bridgehead atoms. The molecule has 1 aliphatic heterocycles. The van der Waals surface area contributed by atoms with Gasteiger partial charge in [-0.3, -0.25) is 9.59 Å². The monoisotopic (exact) mass is 304 g/mol. The Kier molecular flexibility index (Phi) is 5.81. The van der Waals surface area contributed by atoms with Gasteiger partial charge in [0.15, 0.2) is 0 Å². The number of hydrogen-bond acceptors (Lipinski definition) is 3. The van der Waals surface area contributed by atoms with Gasteiger partial charge < -0.3 is 15.3 Å². The van der Waals surface area contributed by atoms with E-state index in [1.54, 1.807) is 12.1 Å². The number of likely N-dealkylation sites (tertiary alicyclic amines) is 1. The van der Waals surface area contributed by atoms with Crippen LogP contribution in [0.1, 0.15) is 31.7 Å². The molecule has 0 radical (unpaired) electrons. The summed E-state index contributed by atoms with van der Waals surface area (Å²) in [6.07, 6.45) is 3.07. The molecular formula is C17H24N2O3. The van der Waals surface area contributed by atoms with Gasteiger partial charge in [0.1, 0.15) is 5.75 Å². The van der Waals surface area contributed by atoms with Crippen LogP contribution in [0.4, 0.5) is 0 Å². The molecule has 2 N–H and O–H groups in total. The van der Waals surface area contributed by atoms with Crippen LogP contribution in [0.3, 0.4) is 0 Å². The van der Waals surface area contributed by atoms with Crippen molar-refractivity contribution in [1.82, 2.24) is 10.2 Å². The number of benzene rings is 1. The van der Waals surface area contributed by atoms with Crippen LogP contribution < -0.4 is 5.32 Å². The first-order valence-electron chi connectivity index (χ1n) is 7.84. The summed E-state index contributed by atoms with van der Waals surface area (Å²) in [4.78, 5) is 24.8. The van der Waals surface area contributed by atoms with Crippen molar-refractivity contribution in [3.05, 3.63) is 29.8 Å². The van der Waals surface area contributed by atoms with E-state index in [2.05, 4.69) is 5.32 Å². The van der Waals surface area contributed by atoms with Crippen molar-refractivity contribution in [3.63, 3.8) is 0 Å². The van der Waals surface area contributed by atoms with Gasteiger partial charge in [0.2, 0.25) is 11.8 Å². The molecular weight excluding hydrogens is 280 g/mol. The van der Waals surface area contributed by atoms with Crippen molar-refractivity contribution in [3.8, 4) is 5.75 Å². The van der Waals surface area contributed by atoms with E-state index in [9.17, 15) is 14.7 Å². The first-order chi connectivity index (χ1) is 10.5. The number of amides is 2. The Hall–Kier alpha value is -2.04. The molecule has 1 atom stereocenters. The highest BCUT2D eigenvalue weighted by atomic mass is 16.3. The van der Waals surface area contributed by atoms with Crippen LogP contribution in [0.15, 0.2) is 24.3 Å². The predicted molar refractivity (Wildman–Crippen MR) is 84.4 cm³/mol. The molecule has 1 heterocycles. The fourth-order valence-corrected chi connectivity index (χ4v) is 2.90. The van der Waals surface area contributed by atoms with E-state index in [-0.39, 0.29) is 11.8 Å². The lowest BCUT2D eigenvalue weighted by Crippen LogP contribution is -2.30.